The summed E-state index contributed by atoms with van der Waals surface area (Å²) < 4.78 is 2.31. The molecule has 6 nitrogen and oxygen atoms in total. The number of rotatable bonds is 39. The topological polar surface area (TPSA) is 74.8 Å². The van der Waals surface area contributed by atoms with E-state index in [4.69, 9.17) is 0 Å². The molecule has 4 amide bonds. The molecule has 0 bridgehead atoms. The third-order valence-corrected chi connectivity index (χ3v) is 18.0. The van der Waals surface area contributed by atoms with Gasteiger partial charge in [0, 0.05) is 0 Å². The van der Waals surface area contributed by atoms with E-state index < -0.39 is 0 Å². The minimum atomic E-state index is -0.281. The third kappa shape index (κ3) is 16.8. The summed E-state index contributed by atoms with van der Waals surface area (Å²) in [7, 11) is 0. The summed E-state index contributed by atoms with van der Waals surface area (Å²) in [4.78, 5) is 62.7. The third-order valence-electron chi connectivity index (χ3n) is 15.9. The molecule has 1 aromatic heterocycles. The van der Waals surface area contributed by atoms with E-state index in [0.29, 0.717) is 63.5 Å². The predicted molar refractivity (Wildman–Crippen MR) is 293 cm³/mol. The Hall–Kier alpha value is -3.02. The molecule has 0 saturated carbocycles. The van der Waals surface area contributed by atoms with E-state index >= 15 is 4.79 Å². The van der Waals surface area contributed by atoms with E-state index in [9.17, 15) is 14.4 Å². The van der Waals surface area contributed by atoms with Gasteiger partial charge >= 0.3 is 286 Å². The van der Waals surface area contributed by atoms with Crippen molar-refractivity contribution >= 4 is 48.9 Å². The van der Waals surface area contributed by atoms with Crippen molar-refractivity contribution in [2.75, 3.05) is 13.1 Å². The Morgan fingerprint density at radius 2 is 0.739 bits per heavy atom. The summed E-state index contributed by atoms with van der Waals surface area (Å²) in [6.45, 7) is 13.9. The van der Waals surface area contributed by atoms with Crippen LogP contribution in [-0.4, -0.2) is 61.0 Å². The predicted octanol–water partition coefficient (Wildman–Crippen LogP) is 17.9. The maximum atomic E-state index is 15.1. The van der Waals surface area contributed by atoms with Gasteiger partial charge in [0.2, 0.25) is 0 Å². The molecule has 0 saturated heterocycles. The second kappa shape index (κ2) is 31.4. The molecular formula is C62H96N2O4Se. The molecule has 0 fully saturated rings. The first-order chi connectivity index (χ1) is 33.7. The molecule has 384 valence electrons. The molecule has 2 unspecified atom stereocenters. The van der Waals surface area contributed by atoms with Crippen LogP contribution in [-0.2, 0) is 0 Å². The van der Waals surface area contributed by atoms with Gasteiger partial charge in [-0.1, -0.05) is 143 Å². The monoisotopic (exact) mass is 1010 g/mol. The molecule has 3 heterocycles. The van der Waals surface area contributed by atoms with E-state index in [-0.39, 0.29) is 38.1 Å². The van der Waals surface area contributed by atoms with Crippen molar-refractivity contribution in [1.82, 2.24) is 9.80 Å². The fourth-order valence-corrected chi connectivity index (χ4v) is 13.4. The van der Waals surface area contributed by atoms with Gasteiger partial charge in [-0.3, -0.25) is 0 Å². The van der Waals surface area contributed by atoms with Crippen LogP contribution in [0.2, 0.25) is 0 Å². The number of unbranched alkanes of at least 4 members (excludes halogenated alkanes) is 24. The van der Waals surface area contributed by atoms with Crippen molar-refractivity contribution in [1.29, 1.82) is 0 Å². The summed E-state index contributed by atoms with van der Waals surface area (Å²) in [5.74, 6) is -0.165. The van der Waals surface area contributed by atoms with Gasteiger partial charge in [-0.25, -0.2) is 0 Å². The normalized spacial score (nSPS) is 14.5. The number of hydrogen-bond acceptors (Lipinski definition) is 4. The number of aryl methyl sites for hydroxylation is 2. The number of carbonyl (C=O) groups excluding carboxylic acids is 4. The van der Waals surface area contributed by atoms with E-state index in [1.165, 1.54) is 194 Å². The van der Waals surface area contributed by atoms with Crippen molar-refractivity contribution in [3.05, 3.63) is 56.5 Å². The second-order valence-electron chi connectivity index (χ2n) is 21.6. The van der Waals surface area contributed by atoms with E-state index in [0.717, 1.165) is 48.5 Å². The van der Waals surface area contributed by atoms with Crippen molar-refractivity contribution in [2.45, 2.75) is 260 Å². The molecule has 0 spiro atoms. The Kier molecular flexibility index (Phi) is 25.9. The molecule has 2 atom stereocenters. The molecule has 2 aromatic carbocycles. The maximum absolute atomic E-state index is 15.1. The van der Waals surface area contributed by atoms with Crippen LogP contribution >= 0.6 is 0 Å². The molecule has 2 aliphatic heterocycles. The first-order valence-corrected chi connectivity index (χ1v) is 30.8. The number of carbonyl (C=O) groups is 4. The van der Waals surface area contributed by atoms with E-state index in [1.807, 2.05) is 19.1 Å². The zero-order valence-corrected chi connectivity index (χ0v) is 46.6. The number of imide groups is 2. The van der Waals surface area contributed by atoms with Gasteiger partial charge in [-0.2, -0.15) is 0 Å². The summed E-state index contributed by atoms with van der Waals surface area (Å²) in [5.41, 5.74) is 3.42. The molecule has 0 N–H and O–H groups in total. The Morgan fingerprint density at radius 1 is 0.391 bits per heavy atom. The number of amides is 4. The van der Waals surface area contributed by atoms with Crippen LogP contribution in [0.3, 0.4) is 0 Å². The van der Waals surface area contributed by atoms with E-state index in [1.54, 1.807) is 0 Å². The number of hydrogen-bond donors (Lipinski definition) is 0. The zero-order valence-electron chi connectivity index (χ0n) is 44.9. The average molecular weight is 1010 g/mol. The van der Waals surface area contributed by atoms with Crippen molar-refractivity contribution in [2.24, 2.45) is 11.8 Å². The van der Waals surface area contributed by atoms with Crippen molar-refractivity contribution in [3.8, 4) is 10.0 Å². The van der Waals surface area contributed by atoms with Gasteiger partial charge in [-0.15, -0.1) is 0 Å². The Labute approximate surface area is 427 Å². The molecule has 2 aliphatic rings. The fraction of sp³-hybridized carbons (Fsp3) is 0.710. The van der Waals surface area contributed by atoms with Gasteiger partial charge in [0.15, 0.2) is 0 Å². The summed E-state index contributed by atoms with van der Waals surface area (Å²) in [6.07, 6.45) is 42.0. The molecule has 0 aliphatic carbocycles. The summed E-state index contributed by atoms with van der Waals surface area (Å²) in [6, 6.07) is 8.05. The van der Waals surface area contributed by atoms with Gasteiger partial charge in [0.1, 0.15) is 0 Å². The number of benzene rings is 2. The van der Waals surface area contributed by atoms with Crippen LogP contribution in [0.5, 0.6) is 0 Å². The van der Waals surface area contributed by atoms with Crippen LogP contribution in [0.4, 0.5) is 0 Å². The standard InChI is InChI=1S/C62H96N2O4Se/c1-7-11-15-19-23-25-29-33-37-49(35-31-27-21-17-13-9-3)41-43-63-60(66)53-46-51(54-40-39-48(6)69-54)58-57-52(45-47(5)55(56(53)57)61(63)67)59(65)64(62(58)68)44-42-50(36-32-28-22-18-14-10-4)38-34-30-26-24-20-16-12-8-2/h39-40,45-46,49-50H,7-38,41-44H2,1-6H3. The van der Waals surface area contributed by atoms with Crippen LogP contribution in [0.15, 0.2) is 24.3 Å². The Balaban J connectivity index is 1.37. The summed E-state index contributed by atoms with van der Waals surface area (Å²) >= 11 is -0.0120. The molecule has 0 radical (unpaired) electrons. The van der Waals surface area contributed by atoms with Crippen molar-refractivity contribution < 1.29 is 19.2 Å². The van der Waals surface area contributed by atoms with Gasteiger partial charge in [0.25, 0.3) is 0 Å². The average Bonchev–Trinajstić information content (AvgIpc) is 3.78. The number of nitrogens with zero attached hydrogens (tertiary/aromatic N) is 2. The van der Waals surface area contributed by atoms with Gasteiger partial charge in [-0.05, 0) is 0 Å². The fourth-order valence-electron chi connectivity index (χ4n) is 11.6. The quantitative estimate of drug-likeness (QED) is 0.0324. The molecule has 5 rings (SSSR count). The molecule has 3 aromatic rings. The zero-order chi connectivity index (χ0) is 49.4. The first kappa shape index (κ1) is 56.9. The molecule has 69 heavy (non-hydrogen) atoms. The van der Waals surface area contributed by atoms with Crippen molar-refractivity contribution in [3.63, 3.8) is 0 Å². The Morgan fingerprint density at radius 3 is 1.12 bits per heavy atom. The van der Waals surface area contributed by atoms with E-state index in [2.05, 4.69) is 46.8 Å². The van der Waals surface area contributed by atoms with Crippen LogP contribution in [0.1, 0.15) is 297 Å². The summed E-state index contributed by atoms with van der Waals surface area (Å²) in [5, 5.41) is 1.04. The SMILES string of the molecule is CCCCCCCCCCC(CCCCCCCC)CCN1C(=O)c2cc(-c3ccc(C)[se]3)c3c4c(cc(C)c(c24)C1=O)C(=O)N(CCC(CCCCCCCC)CCCCCCCCCC)C3=O. The van der Waals surface area contributed by atoms with Crippen LogP contribution in [0.25, 0.3) is 20.8 Å². The second-order valence-corrected chi connectivity index (χ2v) is 24.3. The first-order valence-electron chi connectivity index (χ1n) is 29.1. The molecule has 7 heteroatoms. The van der Waals surface area contributed by atoms with Gasteiger partial charge < -0.3 is 0 Å². The Bertz CT molecular complexity index is 2050. The minimum absolute atomic E-state index is 0.0120. The van der Waals surface area contributed by atoms with Crippen LogP contribution in [0, 0.1) is 25.7 Å². The molecular weight excluding hydrogens is 916 g/mol. The van der Waals surface area contributed by atoms with Gasteiger partial charge in [0.05, 0.1) is 0 Å². The van der Waals surface area contributed by atoms with Crippen LogP contribution < -0.4 is 0 Å².